The Labute approximate surface area is 194 Å². The topological polar surface area (TPSA) is 77.7 Å². The van der Waals surface area contributed by atoms with Crippen molar-refractivity contribution in [1.82, 2.24) is 15.0 Å². The van der Waals surface area contributed by atoms with Gasteiger partial charge in [-0.1, -0.05) is 37.6 Å². The Kier molecular flexibility index (Phi) is 7.60. The van der Waals surface area contributed by atoms with Crippen LogP contribution < -0.4 is 9.47 Å². The van der Waals surface area contributed by atoms with Crippen LogP contribution in [0.1, 0.15) is 56.9 Å². The van der Waals surface area contributed by atoms with Gasteiger partial charge in [0, 0.05) is 25.1 Å². The van der Waals surface area contributed by atoms with Crippen molar-refractivity contribution in [2.45, 2.75) is 52.0 Å². The summed E-state index contributed by atoms with van der Waals surface area (Å²) in [7, 11) is 0. The number of unbranched alkanes of at least 4 members (excludes halogenated alkanes) is 1. The number of benzene rings is 2. The van der Waals surface area contributed by atoms with E-state index in [0.29, 0.717) is 44.4 Å². The third-order valence-corrected chi connectivity index (χ3v) is 5.65. The number of carbonyl (C=O) groups is 1. The van der Waals surface area contributed by atoms with Crippen LogP contribution in [0.5, 0.6) is 11.5 Å². The molecular formula is C26H31N3O4. The van der Waals surface area contributed by atoms with Crippen molar-refractivity contribution in [2.24, 2.45) is 0 Å². The van der Waals surface area contributed by atoms with E-state index < -0.39 is 0 Å². The largest absolute Gasteiger partial charge is 0.494 e. The van der Waals surface area contributed by atoms with Crippen LogP contribution in [0.2, 0.25) is 0 Å². The average molecular weight is 450 g/mol. The minimum absolute atomic E-state index is 0.0949. The zero-order valence-electron chi connectivity index (χ0n) is 19.3. The number of carbonyl (C=O) groups excluding carboxylic acids is 1. The van der Waals surface area contributed by atoms with Gasteiger partial charge in [-0.15, -0.1) is 0 Å². The van der Waals surface area contributed by atoms with Gasteiger partial charge in [-0.2, -0.15) is 4.98 Å². The van der Waals surface area contributed by atoms with Crippen molar-refractivity contribution in [1.29, 1.82) is 0 Å². The van der Waals surface area contributed by atoms with Gasteiger partial charge in [0.05, 0.1) is 19.1 Å². The second kappa shape index (κ2) is 11.0. The predicted molar refractivity (Wildman–Crippen MR) is 125 cm³/mol. The van der Waals surface area contributed by atoms with Crippen molar-refractivity contribution in [3.8, 4) is 22.9 Å². The Morgan fingerprint density at radius 1 is 0.970 bits per heavy atom. The molecule has 3 aromatic rings. The summed E-state index contributed by atoms with van der Waals surface area (Å²) in [5.41, 5.74) is 1.93. The first-order chi connectivity index (χ1) is 16.2. The highest BCUT2D eigenvalue weighted by molar-refractivity contribution is 5.79. The second-order valence-electron chi connectivity index (χ2n) is 8.35. The molecule has 1 amide bonds. The SMILES string of the molecule is CCCCOc1ccc(-c2noc(C3CC(=O)N(Cc4ccc(OCCC)cc4)C3)n2)cc1. The molecule has 1 unspecified atom stereocenters. The van der Waals surface area contributed by atoms with E-state index >= 15 is 0 Å². The summed E-state index contributed by atoms with van der Waals surface area (Å²) in [6, 6.07) is 15.6. The normalized spacial score (nSPS) is 15.8. The highest BCUT2D eigenvalue weighted by Gasteiger charge is 2.34. The molecule has 2 aromatic carbocycles. The van der Waals surface area contributed by atoms with Crippen LogP contribution in [-0.2, 0) is 11.3 Å². The van der Waals surface area contributed by atoms with Gasteiger partial charge in [0.25, 0.3) is 0 Å². The summed E-state index contributed by atoms with van der Waals surface area (Å²) >= 11 is 0. The lowest BCUT2D eigenvalue weighted by molar-refractivity contribution is -0.128. The van der Waals surface area contributed by atoms with Crippen LogP contribution in [0, 0.1) is 0 Å². The lowest BCUT2D eigenvalue weighted by Gasteiger charge is -2.16. The molecule has 0 bridgehead atoms. The summed E-state index contributed by atoms with van der Waals surface area (Å²) in [6.07, 6.45) is 3.49. The molecule has 174 valence electrons. The van der Waals surface area contributed by atoms with Gasteiger partial charge in [-0.05, 0) is 54.8 Å². The van der Waals surface area contributed by atoms with Gasteiger partial charge in [0.2, 0.25) is 17.6 Å². The van der Waals surface area contributed by atoms with Crippen molar-refractivity contribution < 1.29 is 18.8 Å². The minimum atomic E-state index is -0.0949. The van der Waals surface area contributed by atoms with Crippen LogP contribution in [0.15, 0.2) is 53.1 Å². The lowest BCUT2D eigenvalue weighted by Crippen LogP contribution is -2.24. The van der Waals surface area contributed by atoms with Crippen LogP contribution in [-0.4, -0.2) is 40.7 Å². The van der Waals surface area contributed by atoms with Crippen molar-refractivity contribution in [2.75, 3.05) is 19.8 Å². The molecule has 0 aliphatic carbocycles. The third kappa shape index (κ3) is 5.92. The fraction of sp³-hybridized carbons (Fsp3) is 0.423. The Morgan fingerprint density at radius 2 is 1.67 bits per heavy atom. The zero-order valence-corrected chi connectivity index (χ0v) is 19.3. The molecule has 1 saturated heterocycles. The van der Waals surface area contributed by atoms with Crippen molar-refractivity contribution in [3.05, 3.63) is 60.0 Å². The van der Waals surface area contributed by atoms with E-state index in [-0.39, 0.29) is 11.8 Å². The summed E-state index contributed by atoms with van der Waals surface area (Å²) < 4.78 is 16.9. The second-order valence-corrected chi connectivity index (χ2v) is 8.35. The smallest absolute Gasteiger partial charge is 0.232 e. The lowest BCUT2D eigenvalue weighted by atomic mass is 10.1. The summed E-state index contributed by atoms with van der Waals surface area (Å²) in [6.45, 7) is 6.76. The molecule has 0 saturated carbocycles. The first-order valence-electron chi connectivity index (χ1n) is 11.7. The van der Waals surface area contributed by atoms with E-state index in [1.165, 1.54) is 0 Å². The maximum absolute atomic E-state index is 12.6. The van der Waals surface area contributed by atoms with Crippen LogP contribution in [0.4, 0.5) is 0 Å². The standard InChI is InChI=1S/C26H31N3O4/c1-3-5-15-32-23-12-8-20(9-13-23)25-27-26(33-28-25)21-16-24(30)29(18-21)17-19-6-10-22(11-7-19)31-14-4-2/h6-13,21H,3-5,14-18H2,1-2H3. The fourth-order valence-electron chi connectivity index (χ4n) is 3.77. The monoisotopic (exact) mass is 449 g/mol. The first-order valence-corrected chi connectivity index (χ1v) is 11.7. The molecule has 4 rings (SSSR count). The molecule has 7 heteroatoms. The highest BCUT2D eigenvalue weighted by Crippen LogP contribution is 2.30. The molecule has 1 aliphatic rings. The molecular weight excluding hydrogens is 418 g/mol. The Hall–Kier alpha value is -3.35. The fourth-order valence-corrected chi connectivity index (χ4v) is 3.77. The van der Waals surface area contributed by atoms with E-state index in [2.05, 4.69) is 24.0 Å². The van der Waals surface area contributed by atoms with Crippen LogP contribution >= 0.6 is 0 Å². The molecule has 0 radical (unpaired) electrons. The van der Waals surface area contributed by atoms with Crippen LogP contribution in [0.25, 0.3) is 11.4 Å². The summed E-state index contributed by atoms with van der Waals surface area (Å²) in [5, 5.41) is 4.13. The third-order valence-electron chi connectivity index (χ3n) is 5.65. The van der Waals surface area contributed by atoms with Gasteiger partial charge in [-0.3, -0.25) is 4.79 Å². The molecule has 1 fully saturated rings. The molecule has 1 aromatic heterocycles. The van der Waals surface area contributed by atoms with Gasteiger partial charge < -0.3 is 18.9 Å². The first kappa shape index (κ1) is 22.8. The number of rotatable bonds is 11. The number of likely N-dealkylation sites (tertiary alicyclic amines) is 1. The molecule has 2 heterocycles. The Bertz CT molecular complexity index is 1030. The Balaban J connectivity index is 1.34. The van der Waals surface area contributed by atoms with Crippen LogP contribution in [0.3, 0.4) is 0 Å². The minimum Gasteiger partial charge on any atom is -0.494 e. The van der Waals surface area contributed by atoms with Gasteiger partial charge in [-0.25, -0.2) is 0 Å². The number of nitrogens with zero attached hydrogens (tertiary/aromatic N) is 3. The zero-order chi connectivity index (χ0) is 23.0. The summed E-state index contributed by atoms with van der Waals surface area (Å²) in [5.74, 6) is 2.72. The molecule has 0 N–H and O–H groups in total. The van der Waals surface area contributed by atoms with E-state index in [1.807, 2.05) is 53.4 Å². The molecule has 33 heavy (non-hydrogen) atoms. The van der Waals surface area contributed by atoms with E-state index in [9.17, 15) is 4.79 Å². The molecule has 1 atom stereocenters. The number of aromatic nitrogens is 2. The number of ether oxygens (including phenoxy) is 2. The maximum atomic E-state index is 12.6. The van der Waals surface area contributed by atoms with Crippen molar-refractivity contribution >= 4 is 5.91 Å². The highest BCUT2D eigenvalue weighted by atomic mass is 16.5. The van der Waals surface area contributed by atoms with E-state index in [4.69, 9.17) is 14.0 Å². The molecule has 0 spiro atoms. The van der Waals surface area contributed by atoms with Gasteiger partial charge in [0.15, 0.2) is 0 Å². The quantitative estimate of drug-likeness (QED) is 0.374. The van der Waals surface area contributed by atoms with Crippen molar-refractivity contribution in [3.63, 3.8) is 0 Å². The van der Waals surface area contributed by atoms with Gasteiger partial charge in [0.1, 0.15) is 11.5 Å². The van der Waals surface area contributed by atoms with E-state index in [1.54, 1.807) is 0 Å². The number of hydrogen-bond acceptors (Lipinski definition) is 6. The maximum Gasteiger partial charge on any atom is 0.232 e. The Morgan fingerprint density at radius 3 is 2.36 bits per heavy atom. The predicted octanol–water partition coefficient (Wildman–Crippen LogP) is 5.22. The number of amides is 1. The average Bonchev–Trinajstić information content (AvgIpc) is 3.47. The van der Waals surface area contributed by atoms with E-state index in [0.717, 1.165) is 41.9 Å². The van der Waals surface area contributed by atoms with Gasteiger partial charge >= 0.3 is 0 Å². The summed E-state index contributed by atoms with van der Waals surface area (Å²) in [4.78, 5) is 19.0. The molecule has 7 nitrogen and oxygen atoms in total. The molecule has 1 aliphatic heterocycles. The number of hydrogen-bond donors (Lipinski definition) is 0.